The van der Waals surface area contributed by atoms with E-state index in [1.807, 2.05) is 31.2 Å². The predicted molar refractivity (Wildman–Crippen MR) is 115 cm³/mol. The van der Waals surface area contributed by atoms with Gasteiger partial charge in [-0.25, -0.2) is 0 Å². The Hall–Kier alpha value is -3.87. The second kappa shape index (κ2) is 9.09. The Balaban J connectivity index is 1.91. The zero-order chi connectivity index (χ0) is 21.7. The number of hydrogen-bond acceptors (Lipinski definition) is 4. The van der Waals surface area contributed by atoms with Gasteiger partial charge >= 0.3 is 0 Å². The molecule has 1 heterocycles. The number of rotatable bonds is 6. The van der Waals surface area contributed by atoms with Gasteiger partial charge in [0.15, 0.2) is 0 Å². The maximum Gasteiger partial charge on any atom is 0.256 e. The van der Waals surface area contributed by atoms with E-state index in [-0.39, 0.29) is 22.9 Å². The predicted octanol–water partition coefficient (Wildman–Crippen LogP) is 3.14. The Morgan fingerprint density at radius 1 is 1.00 bits per heavy atom. The van der Waals surface area contributed by atoms with Crippen LogP contribution in [0, 0.1) is 6.92 Å². The summed E-state index contributed by atoms with van der Waals surface area (Å²) in [7, 11) is 3.13. The number of aryl methyl sites for hydroxylation is 1. The summed E-state index contributed by atoms with van der Waals surface area (Å²) in [6, 6.07) is 16.2. The van der Waals surface area contributed by atoms with Gasteiger partial charge < -0.3 is 19.9 Å². The van der Waals surface area contributed by atoms with Crippen LogP contribution in [0.1, 0.15) is 27.5 Å². The van der Waals surface area contributed by atoms with Crippen LogP contribution >= 0.6 is 0 Å². The van der Waals surface area contributed by atoms with Crippen LogP contribution in [0.3, 0.4) is 0 Å². The highest BCUT2D eigenvalue weighted by Crippen LogP contribution is 2.24. The Morgan fingerprint density at radius 3 is 2.23 bits per heavy atom. The van der Waals surface area contributed by atoms with Crippen LogP contribution in [0.15, 0.2) is 71.7 Å². The third-order valence-electron chi connectivity index (χ3n) is 4.74. The van der Waals surface area contributed by atoms with Crippen LogP contribution in [0.25, 0.3) is 0 Å². The van der Waals surface area contributed by atoms with Gasteiger partial charge in [-0.1, -0.05) is 29.8 Å². The molecule has 3 rings (SSSR count). The molecule has 0 saturated carbocycles. The largest absolute Gasteiger partial charge is 0.497 e. The van der Waals surface area contributed by atoms with E-state index < -0.39 is 6.04 Å². The lowest BCUT2D eigenvalue weighted by Gasteiger charge is -2.28. The van der Waals surface area contributed by atoms with Crippen LogP contribution < -0.4 is 15.6 Å². The standard InChI is InChI=1S/C23H23N3O4/c1-15-4-6-16(7-5-15)21(22(28)25-18-9-11-19(30-3)12-10-18)26(2)23(29)17-8-13-20(27)24-14-17/h4-14,21H,1-3H3,(H,24,27)(H,25,28)/t21-/m0/s1. The summed E-state index contributed by atoms with van der Waals surface area (Å²) in [4.78, 5) is 41.3. The molecule has 0 bridgehead atoms. The van der Waals surface area contributed by atoms with Crippen molar-refractivity contribution in [3.05, 3.63) is 93.9 Å². The quantitative estimate of drug-likeness (QED) is 0.659. The minimum atomic E-state index is -0.868. The number of aromatic amines is 1. The normalized spacial score (nSPS) is 11.4. The first-order valence-corrected chi connectivity index (χ1v) is 9.36. The van der Waals surface area contributed by atoms with E-state index in [0.29, 0.717) is 17.0 Å². The van der Waals surface area contributed by atoms with E-state index in [2.05, 4.69) is 10.3 Å². The van der Waals surface area contributed by atoms with Crippen LogP contribution in [-0.4, -0.2) is 35.9 Å². The van der Waals surface area contributed by atoms with Gasteiger partial charge in [0.05, 0.1) is 12.7 Å². The number of benzene rings is 2. The molecule has 1 aromatic heterocycles. The van der Waals surface area contributed by atoms with E-state index in [1.165, 1.54) is 23.2 Å². The number of H-pyrrole nitrogens is 1. The molecule has 154 valence electrons. The number of amides is 2. The molecule has 0 saturated heterocycles. The molecule has 7 nitrogen and oxygen atoms in total. The molecular formula is C23H23N3O4. The van der Waals surface area contributed by atoms with Gasteiger partial charge in [-0.05, 0) is 42.8 Å². The molecule has 0 aliphatic carbocycles. The lowest BCUT2D eigenvalue weighted by atomic mass is 10.0. The monoisotopic (exact) mass is 405 g/mol. The summed E-state index contributed by atoms with van der Waals surface area (Å²) < 4.78 is 5.14. The number of methoxy groups -OCH3 is 1. The maximum atomic E-state index is 13.2. The topological polar surface area (TPSA) is 91.5 Å². The van der Waals surface area contributed by atoms with Gasteiger partial charge in [-0.3, -0.25) is 14.4 Å². The second-order valence-electron chi connectivity index (χ2n) is 6.89. The average molecular weight is 405 g/mol. The number of nitrogens with zero attached hydrogens (tertiary/aromatic N) is 1. The fourth-order valence-electron chi connectivity index (χ4n) is 3.05. The Kier molecular flexibility index (Phi) is 6.32. The number of likely N-dealkylation sites (N-methyl/N-ethyl adjacent to an activating group) is 1. The van der Waals surface area contributed by atoms with Crippen molar-refractivity contribution in [3.63, 3.8) is 0 Å². The zero-order valence-corrected chi connectivity index (χ0v) is 17.0. The Bertz CT molecular complexity index is 1070. The summed E-state index contributed by atoms with van der Waals surface area (Å²) in [6.45, 7) is 1.95. The number of hydrogen-bond donors (Lipinski definition) is 2. The second-order valence-corrected chi connectivity index (χ2v) is 6.89. The molecule has 0 aliphatic heterocycles. The van der Waals surface area contributed by atoms with E-state index in [9.17, 15) is 14.4 Å². The number of nitrogens with one attached hydrogen (secondary N) is 2. The fraction of sp³-hybridized carbons (Fsp3) is 0.174. The van der Waals surface area contributed by atoms with E-state index in [4.69, 9.17) is 4.74 Å². The highest BCUT2D eigenvalue weighted by Gasteiger charge is 2.29. The number of aromatic nitrogens is 1. The minimum Gasteiger partial charge on any atom is -0.497 e. The van der Waals surface area contributed by atoms with E-state index in [1.54, 1.807) is 38.4 Å². The molecule has 0 aliphatic rings. The number of ether oxygens (including phenoxy) is 1. The van der Waals surface area contributed by atoms with Crippen molar-refractivity contribution in [1.82, 2.24) is 9.88 Å². The average Bonchev–Trinajstić information content (AvgIpc) is 2.75. The van der Waals surface area contributed by atoms with Gasteiger partial charge in [-0.2, -0.15) is 0 Å². The van der Waals surface area contributed by atoms with Crippen molar-refractivity contribution in [2.75, 3.05) is 19.5 Å². The Labute approximate surface area is 174 Å². The van der Waals surface area contributed by atoms with Crippen LogP contribution in [-0.2, 0) is 4.79 Å². The molecule has 30 heavy (non-hydrogen) atoms. The fourth-order valence-corrected chi connectivity index (χ4v) is 3.05. The smallest absolute Gasteiger partial charge is 0.256 e. The summed E-state index contributed by atoms with van der Waals surface area (Å²) in [5.74, 6) is -0.0700. The number of carbonyl (C=O) groups excluding carboxylic acids is 2. The van der Waals surface area contributed by atoms with Crippen molar-refractivity contribution in [1.29, 1.82) is 0 Å². The van der Waals surface area contributed by atoms with Crippen LogP contribution in [0.2, 0.25) is 0 Å². The van der Waals surface area contributed by atoms with Gasteiger partial charge in [0, 0.05) is 25.0 Å². The first-order chi connectivity index (χ1) is 14.4. The highest BCUT2D eigenvalue weighted by molar-refractivity contribution is 6.01. The minimum absolute atomic E-state index is 0.284. The molecule has 7 heteroatoms. The first-order valence-electron chi connectivity index (χ1n) is 9.36. The molecular weight excluding hydrogens is 382 g/mol. The van der Waals surface area contributed by atoms with Crippen molar-refractivity contribution in [3.8, 4) is 5.75 Å². The third kappa shape index (κ3) is 4.75. The summed E-state index contributed by atoms with van der Waals surface area (Å²) in [5.41, 5.74) is 2.28. The molecule has 2 N–H and O–H groups in total. The number of pyridine rings is 1. The van der Waals surface area contributed by atoms with Crippen molar-refractivity contribution < 1.29 is 14.3 Å². The van der Waals surface area contributed by atoms with Crippen LogP contribution in [0.5, 0.6) is 5.75 Å². The molecule has 3 aromatic rings. The van der Waals surface area contributed by atoms with Gasteiger partial charge in [0.2, 0.25) is 5.56 Å². The molecule has 0 fully saturated rings. The summed E-state index contributed by atoms with van der Waals surface area (Å²) in [6.07, 6.45) is 1.34. The highest BCUT2D eigenvalue weighted by atomic mass is 16.5. The SMILES string of the molecule is COc1ccc(NC(=O)[C@H](c2ccc(C)cc2)N(C)C(=O)c2ccc(=O)[nH]c2)cc1. The molecule has 2 amide bonds. The van der Waals surface area contributed by atoms with E-state index in [0.717, 1.165) is 5.56 Å². The maximum absolute atomic E-state index is 13.2. The Morgan fingerprint density at radius 2 is 1.67 bits per heavy atom. The van der Waals surface area contributed by atoms with Gasteiger partial charge in [-0.15, -0.1) is 0 Å². The zero-order valence-electron chi connectivity index (χ0n) is 17.0. The lowest BCUT2D eigenvalue weighted by Crippen LogP contribution is -2.38. The van der Waals surface area contributed by atoms with Crippen molar-refractivity contribution in [2.45, 2.75) is 13.0 Å². The van der Waals surface area contributed by atoms with Gasteiger partial charge in [0.1, 0.15) is 11.8 Å². The van der Waals surface area contributed by atoms with Crippen molar-refractivity contribution >= 4 is 17.5 Å². The molecule has 1 atom stereocenters. The molecule has 0 unspecified atom stereocenters. The summed E-state index contributed by atoms with van der Waals surface area (Å²) >= 11 is 0. The summed E-state index contributed by atoms with van der Waals surface area (Å²) in [5, 5.41) is 2.86. The van der Waals surface area contributed by atoms with Gasteiger partial charge in [0.25, 0.3) is 11.8 Å². The molecule has 2 aromatic carbocycles. The number of anilines is 1. The number of carbonyl (C=O) groups is 2. The molecule has 0 spiro atoms. The lowest BCUT2D eigenvalue weighted by molar-refractivity contribution is -0.120. The first kappa shape index (κ1) is 20.9. The third-order valence-corrected chi connectivity index (χ3v) is 4.74. The van der Waals surface area contributed by atoms with Crippen molar-refractivity contribution in [2.24, 2.45) is 0 Å². The van der Waals surface area contributed by atoms with E-state index >= 15 is 0 Å². The molecule has 0 radical (unpaired) electrons. The van der Waals surface area contributed by atoms with Crippen LogP contribution in [0.4, 0.5) is 5.69 Å².